The van der Waals surface area contributed by atoms with E-state index in [4.69, 9.17) is 14.7 Å². The Kier molecular flexibility index (Phi) is 5.43. The highest BCUT2D eigenvalue weighted by Crippen LogP contribution is 2.40. The van der Waals surface area contributed by atoms with Gasteiger partial charge in [0.1, 0.15) is 30.3 Å². The number of nitrogens with one attached hydrogen (secondary N) is 1. The SMILES string of the molecule is Cc1nc2ccc(-c3ccc4c(c3)CN(c3ncnc5c3CCC(C)(c3ccccc3)C5)CCO4)cc2[nH]1. The van der Waals surface area contributed by atoms with Crippen LogP contribution in [0, 0.1) is 6.92 Å². The molecule has 0 spiro atoms. The van der Waals surface area contributed by atoms with Crippen molar-refractivity contribution >= 4 is 16.9 Å². The third-order valence-electron chi connectivity index (χ3n) is 8.24. The largest absolute Gasteiger partial charge is 0.491 e. The van der Waals surface area contributed by atoms with Crippen molar-refractivity contribution in [3.8, 4) is 16.9 Å². The Morgan fingerprint density at radius 3 is 2.71 bits per heavy atom. The standard InChI is InChI=1S/C32H31N5O/c1-21-35-27-10-8-23(17-28(27)36-21)22-9-11-30-24(16-22)19-37(14-15-38-30)31-26-12-13-32(2,18-29(26)33-20-34-31)25-6-4-3-5-7-25/h3-11,16-17,20H,12-15,18-19H2,1-2H3,(H,35,36). The van der Waals surface area contributed by atoms with Gasteiger partial charge in [-0.25, -0.2) is 15.0 Å². The molecule has 190 valence electrons. The molecule has 38 heavy (non-hydrogen) atoms. The van der Waals surface area contributed by atoms with Crippen LogP contribution < -0.4 is 9.64 Å². The van der Waals surface area contributed by atoms with Crippen molar-refractivity contribution in [3.63, 3.8) is 0 Å². The maximum absolute atomic E-state index is 6.20. The Labute approximate surface area is 222 Å². The first kappa shape index (κ1) is 23.0. The molecule has 3 heterocycles. The second kappa shape index (κ2) is 8.98. The summed E-state index contributed by atoms with van der Waals surface area (Å²) in [5.41, 5.74) is 9.52. The quantitative estimate of drug-likeness (QED) is 0.320. The van der Waals surface area contributed by atoms with E-state index in [2.05, 4.69) is 88.5 Å². The predicted octanol–water partition coefficient (Wildman–Crippen LogP) is 6.17. The van der Waals surface area contributed by atoms with Crippen molar-refractivity contribution in [2.75, 3.05) is 18.1 Å². The molecule has 0 bridgehead atoms. The summed E-state index contributed by atoms with van der Waals surface area (Å²) in [5, 5.41) is 0. The number of imidazole rings is 1. The Bertz CT molecular complexity index is 1640. The Morgan fingerprint density at radius 1 is 0.974 bits per heavy atom. The second-order valence-corrected chi connectivity index (χ2v) is 10.9. The number of nitrogens with zero attached hydrogens (tertiary/aromatic N) is 4. The van der Waals surface area contributed by atoms with Crippen LogP contribution in [-0.2, 0) is 24.8 Å². The van der Waals surface area contributed by atoms with Crippen molar-refractivity contribution in [1.82, 2.24) is 19.9 Å². The molecule has 0 amide bonds. The van der Waals surface area contributed by atoms with Crippen molar-refractivity contribution in [1.29, 1.82) is 0 Å². The number of hydrogen-bond acceptors (Lipinski definition) is 5. The van der Waals surface area contributed by atoms with Gasteiger partial charge in [-0.15, -0.1) is 0 Å². The minimum atomic E-state index is 0.0948. The van der Waals surface area contributed by atoms with Gasteiger partial charge in [-0.3, -0.25) is 0 Å². The Morgan fingerprint density at radius 2 is 1.82 bits per heavy atom. The summed E-state index contributed by atoms with van der Waals surface area (Å²) in [6, 6.07) is 23.8. The number of ether oxygens (including phenoxy) is 1. The first-order chi connectivity index (χ1) is 18.6. The van der Waals surface area contributed by atoms with Crippen LogP contribution in [0.4, 0.5) is 5.82 Å². The molecule has 2 aliphatic rings. The average molecular weight is 502 g/mol. The highest BCUT2D eigenvalue weighted by molar-refractivity contribution is 5.82. The van der Waals surface area contributed by atoms with Crippen molar-refractivity contribution in [2.24, 2.45) is 0 Å². The lowest BCUT2D eigenvalue weighted by molar-refractivity contribution is 0.331. The highest BCUT2D eigenvalue weighted by atomic mass is 16.5. The topological polar surface area (TPSA) is 66.9 Å². The molecule has 0 saturated carbocycles. The minimum absolute atomic E-state index is 0.0948. The number of aromatic amines is 1. The molecule has 6 heteroatoms. The van der Waals surface area contributed by atoms with Crippen LogP contribution in [0.3, 0.4) is 0 Å². The van der Waals surface area contributed by atoms with Crippen molar-refractivity contribution in [3.05, 3.63) is 101 Å². The molecule has 5 aromatic rings. The van der Waals surface area contributed by atoms with Gasteiger partial charge in [0.25, 0.3) is 0 Å². The molecule has 7 rings (SSSR count). The zero-order valence-corrected chi connectivity index (χ0v) is 21.9. The average Bonchev–Trinajstić information content (AvgIpc) is 3.18. The summed E-state index contributed by atoms with van der Waals surface area (Å²) >= 11 is 0. The third kappa shape index (κ3) is 4.01. The van der Waals surface area contributed by atoms with Crippen molar-refractivity contribution < 1.29 is 4.74 Å². The molecule has 1 unspecified atom stereocenters. The molecule has 6 nitrogen and oxygen atoms in total. The molecule has 1 aliphatic carbocycles. The number of rotatable bonds is 3. The number of benzene rings is 3. The number of fused-ring (bicyclic) bond motifs is 3. The lowest BCUT2D eigenvalue weighted by atomic mass is 9.70. The monoisotopic (exact) mass is 501 g/mol. The number of hydrogen-bond donors (Lipinski definition) is 1. The lowest BCUT2D eigenvalue weighted by Gasteiger charge is -2.36. The molecule has 1 N–H and O–H groups in total. The number of aromatic nitrogens is 4. The summed E-state index contributed by atoms with van der Waals surface area (Å²) in [7, 11) is 0. The molecular formula is C32H31N5O. The molecular weight excluding hydrogens is 470 g/mol. The molecule has 3 aromatic carbocycles. The highest BCUT2D eigenvalue weighted by Gasteiger charge is 2.34. The fourth-order valence-corrected chi connectivity index (χ4v) is 6.14. The van der Waals surface area contributed by atoms with Crippen molar-refractivity contribution in [2.45, 2.75) is 45.1 Å². The number of H-pyrrole nitrogens is 1. The zero-order chi connectivity index (χ0) is 25.7. The van der Waals surface area contributed by atoms with E-state index in [-0.39, 0.29) is 5.41 Å². The molecule has 1 aliphatic heterocycles. The van der Waals surface area contributed by atoms with E-state index >= 15 is 0 Å². The normalized spacial score (nSPS) is 18.9. The summed E-state index contributed by atoms with van der Waals surface area (Å²) in [6.07, 6.45) is 4.74. The van der Waals surface area contributed by atoms with Gasteiger partial charge in [-0.1, -0.05) is 49.4 Å². The third-order valence-corrected chi connectivity index (χ3v) is 8.24. The molecule has 0 radical (unpaired) electrons. The van der Waals surface area contributed by atoms with Gasteiger partial charge in [-0.2, -0.15) is 0 Å². The molecule has 1 atom stereocenters. The van der Waals surface area contributed by atoms with Crippen LogP contribution in [0.2, 0.25) is 0 Å². The van der Waals surface area contributed by atoms with Crippen LogP contribution in [0.15, 0.2) is 73.1 Å². The summed E-state index contributed by atoms with van der Waals surface area (Å²) in [5.74, 6) is 2.94. The first-order valence-corrected chi connectivity index (χ1v) is 13.4. The van der Waals surface area contributed by atoms with Gasteiger partial charge in [0.05, 0.1) is 17.6 Å². The minimum Gasteiger partial charge on any atom is -0.491 e. The van der Waals surface area contributed by atoms with Crippen LogP contribution in [0.5, 0.6) is 5.75 Å². The van der Waals surface area contributed by atoms with Gasteiger partial charge in [0.15, 0.2) is 0 Å². The Hall–Kier alpha value is -4.19. The van der Waals surface area contributed by atoms with E-state index < -0.39 is 0 Å². The van der Waals surface area contributed by atoms with E-state index in [1.54, 1.807) is 6.33 Å². The van der Waals surface area contributed by atoms with E-state index in [0.29, 0.717) is 6.61 Å². The van der Waals surface area contributed by atoms with Crippen LogP contribution in [-0.4, -0.2) is 33.1 Å². The maximum atomic E-state index is 6.20. The van der Waals surface area contributed by atoms with Gasteiger partial charge >= 0.3 is 0 Å². The first-order valence-electron chi connectivity index (χ1n) is 13.4. The summed E-state index contributed by atoms with van der Waals surface area (Å²) < 4.78 is 6.20. The van der Waals surface area contributed by atoms with E-state index in [1.807, 2.05) is 6.92 Å². The maximum Gasteiger partial charge on any atom is 0.135 e. The van der Waals surface area contributed by atoms with Crippen LogP contribution >= 0.6 is 0 Å². The van der Waals surface area contributed by atoms with Gasteiger partial charge in [0, 0.05) is 23.4 Å². The summed E-state index contributed by atoms with van der Waals surface area (Å²) in [4.78, 5) is 19.9. The van der Waals surface area contributed by atoms with E-state index in [1.165, 1.54) is 33.5 Å². The fraction of sp³-hybridized carbons (Fsp3) is 0.281. The summed E-state index contributed by atoms with van der Waals surface area (Å²) in [6.45, 7) is 6.54. The van der Waals surface area contributed by atoms with Crippen LogP contribution in [0.25, 0.3) is 22.2 Å². The number of anilines is 1. The second-order valence-electron chi connectivity index (χ2n) is 10.9. The van der Waals surface area contributed by atoms with E-state index in [9.17, 15) is 0 Å². The van der Waals surface area contributed by atoms with Gasteiger partial charge < -0.3 is 14.6 Å². The van der Waals surface area contributed by atoms with Gasteiger partial charge in [-0.05, 0) is 72.6 Å². The Balaban J connectivity index is 1.20. The smallest absolute Gasteiger partial charge is 0.135 e. The molecule has 0 saturated heterocycles. The molecule has 0 fully saturated rings. The fourth-order valence-electron chi connectivity index (χ4n) is 6.14. The lowest BCUT2D eigenvalue weighted by Crippen LogP contribution is -2.34. The predicted molar refractivity (Wildman–Crippen MR) is 151 cm³/mol. The number of aryl methyl sites for hydroxylation is 1. The van der Waals surface area contributed by atoms with Gasteiger partial charge in [0.2, 0.25) is 0 Å². The zero-order valence-electron chi connectivity index (χ0n) is 21.9. The van der Waals surface area contributed by atoms with E-state index in [0.717, 1.165) is 60.8 Å². The van der Waals surface area contributed by atoms with Crippen LogP contribution in [0.1, 0.15) is 41.6 Å². The molecule has 2 aromatic heterocycles.